The maximum absolute atomic E-state index is 12.9. The Labute approximate surface area is 187 Å². The van der Waals surface area contributed by atoms with Gasteiger partial charge in [-0.15, -0.1) is 0 Å². The van der Waals surface area contributed by atoms with E-state index in [0.29, 0.717) is 11.5 Å². The third-order valence-electron chi connectivity index (χ3n) is 5.01. The normalized spacial score (nSPS) is 12.8. The van der Waals surface area contributed by atoms with Crippen molar-refractivity contribution in [3.63, 3.8) is 0 Å². The number of hydrogen-bond donors (Lipinski definition) is 3. The highest BCUT2D eigenvalue weighted by Gasteiger charge is 2.32. The molecule has 4 N–H and O–H groups in total. The van der Waals surface area contributed by atoms with Gasteiger partial charge in [0.05, 0.1) is 41.6 Å². The van der Waals surface area contributed by atoms with E-state index < -0.39 is 27.4 Å². The minimum Gasteiger partial charge on any atom is -0.497 e. The molecule has 0 unspecified atom stereocenters. The highest BCUT2D eigenvalue weighted by atomic mass is 32.2. The first kappa shape index (κ1) is 21.9. The van der Waals surface area contributed by atoms with Gasteiger partial charge in [-0.2, -0.15) is 0 Å². The Morgan fingerprint density at radius 3 is 2.27 bits per heavy atom. The predicted molar refractivity (Wildman–Crippen MR) is 119 cm³/mol. The van der Waals surface area contributed by atoms with Crippen molar-refractivity contribution in [2.75, 3.05) is 24.7 Å². The van der Waals surface area contributed by atoms with Crippen molar-refractivity contribution in [1.29, 1.82) is 0 Å². The van der Waals surface area contributed by atoms with Crippen LogP contribution in [0, 0.1) is 0 Å². The number of pyridine rings is 1. The van der Waals surface area contributed by atoms with Gasteiger partial charge in [0.2, 0.25) is 0 Å². The molecule has 1 aromatic heterocycles. The van der Waals surface area contributed by atoms with Gasteiger partial charge < -0.3 is 15.2 Å². The van der Waals surface area contributed by atoms with Crippen molar-refractivity contribution in [2.45, 2.75) is 4.90 Å². The van der Waals surface area contributed by atoms with E-state index >= 15 is 0 Å². The number of carbonyl (C=O) groups is 2. The van der Waals surface area contributed by atoms with Crippen molar-refractivity contribution >= 4 is 33.3 Å². The number of hydrogen-bond acceptors (Lipinski definition) is 8. The van der Waals surface area contributed by atoms with E-state index in [1.165, 1.54) is 44.6 Å². The minimum atomic E-state index is -4.03. The van der Waals surface area contributed by atoms with Crippen molar-refractivity contribution in [3.05, 3.63) is 70.0 Å². The van der Waals surface area contributed by atoms with Gasteiger partial charge in [0.1, 0.15) is 17.3 Å². The van der Waals surface area contributed by atoms with Crippen molar-refractivity contribution < 1.29 is 27.5 Å². The number of methoxy groups -OCH3 is 2. The van der Waals surface area contributed by atoms with E-state index in [4.69, 9.17) is 15.2 Å². The molecule has 0 atom stereocenters. The van der Waals surface area contributed by atoms with Gasteiger partial charge in [0.15, 0.2) is 0 Å². The highest BCUT2D eigenvalue weighted by Crippen LogP contribution is 2.31. The first-order valence-electron chi connectivity index (χ1n) is 9.42. The van der Waals surface area contributed by atoms with Crippen LogP contribution in [0.4, 0.5) is 11.5 Å². The number of benzene rings is 2. The fourth-order valence-corrected chi connectivity index (χ4v) is 4.48. The molecule has 1 aliphatic rings. The molecule has 0 bridgehead atoms. The lowest BCUT2D eigenvalue weighted by Gasteiger charge is -2.14. The smallest absolute Gasteiger partial charge is 0.262 e. The van der Waals surface area contributed by atoms with Crippen LogP contribution in [0.1, 0.15) is 20.7 Å². The van der Waals surface area contributed by atoms with Crippen LogP contribution in [0.15, 0.2) is 58.2 Å². The number of ether oxygens (including phenoxy) is 2. The highest BCUT2D eigenvalue weighted by molar-refractivity contribution is 7.92. The Bertz CT molecular complexity index is 1460. The Kier molecular flexibility index (Phi) is 5.30. The lowest BCUT2D eigenvalue weighted by molar-refractivity contribution is 0.0880. The van der Waals surface area contributed by atoms with Gasteiger partial charge in [-0.05, 0) is 36.4 Å². The summed E-state index contributed by atoms with van der Waals surface area (Å²) in [5, 5.41) is 2.08. The molecule has 2 heterocycles. The molecule has 11 nitrogen and oxygen atoms in total. The molecule has 0 radical (unpaired) electrons. The van der Waals surface area contributed by atoms with Gasteiger partial charge in [0, 0.05) is 12.1 Å². The van der Waals surface area contributed by atoms with Crippen LogP contribution in [0.25, 0.3) is 5.69 Å². The van der Waals surface area contributed by atoms with Gasteiger partial charge in [-0.1, -0.05) is 0 Å². The zero-order chi connectivity index (χ0) is 23.9. The predicted octanol–water partition coefficient (Wildman–Crippen LogP) is 1.12. The second kappa shape index (κ2) is 7.98. The number of nitrogens with two attached hydrogens (primary N) is 1. The summed E-state index contributed by atoms with van der Waals surface area (Å²) in [4.78, 5) is 36.2. The maximum Gasteiger partial charge on any atom is 0.262 e. The molecule has 4 rings (SSSR count). The number of nitrogens with one attached hydrogen (secondary N) is 2. The van der Waals surface area contributed by atoms with Crippen molar-refractivity contribution in [2.24, 2.45) is 0 Å². The van der Waals surface area contributed by atoms with E-state index in [-0.39, 0.29) is 33.2 Å². The third-order valence-corrected chi connectivity index (χ3v) is 6.39. The second-order valence-corrected chi connectivity index (χ2v) is 8.62. The van der Waals surface area contributed by atoms with Gasteiger partial charge in [-0.3, -0.25) is 29.0 Å². The molecule has 12 heteroatoms. The standard InChI is InChI=1S/C21H18N4O7S/c1-31-12-5-8-16(32-2)15(9-12)24-33(29,30)13-6-3-11(4-7-13)25-17(26)10-14-18(19(25)22)21(28)23-20(14)27/h3-10,24H,22H2,1-2H3,(H,23,27,28). The van der Waals surface area contributed by atoms with Crippen LogP contribution in [-0.4, -0.2) is 39.0 Å². The number of amides is 2. The molecule has 3 aromatic rings. The van der Waals surface area contributed by atoms with Crippen molar-refractivity contribution in [1.82, 2.24) is 9.88 Å². The molecular weight excluding hydrogens is 452 g/mol. The summed E-state index contributed by atoms with van der Waals surface area (Å²) in [5.74, 6) is -0.918. The lowest BCUT2D eigenvalue weighted by Crippen LogP contribution is -2.24. The lowest BCUT2D eigenvalue weighted by atomic mass is 10.1. The van der Waals surface area contributed by atoms with Crippen molar-refractivity contribution in [3.8, 4) is 17.2 Å². The molecule has 2 aromatic carbocycles. The molecule has 0 saturated heterocycles. The maximum atomic E-state index is 12.9. The molecular formula is C21H18N4O7S. The molecule has 170 valence electrons. The number of imide groups is 1. The van der Waals surface area contributed by atoms with E-state index in [1.807, 2.05) is 0 Å². The zero-order valence-electron chi connectivity index (χ0n) is 17.4. The molecule has 33 heavy (non-hydrogen) atoms. The summed E-state index contributed by atoms with van der Waals surface area (Å²) in [6, 6.07) is 10.9. The monoisotopic (exact) mass is 470 g/mol. The largest absolute Gasteiger partial charge is 0.497 e. The minimum absolute atomic E-state index is 0.100. The number of carbonyl (C=O) groups excluding carboxylic acids is 2. The van der Waals surface area contributed by atoms with Gasteiger partial charge >= 0.3 is 0 Å². The second-order valence-electron chi connectivity index (χ2n) is 6.94. The number of fused-ring (bicyclic) bond motifs is 1. The number of anilines is 2. The quantitative estimate of drug-likeness (QED) is 0.452. The SMILES string of the molecule is COc1ccc(OC)c(NS(=O)(=O)c2ccc(-n3c(N)c4c(cc3=O)C(=O)NC4=O)cc2)c1. The van der Waals surface area contributed by atoms with E-state index in [1.54, 1.807) is 12.1 Å². The van der Waals surface area contributed by atoms with Crippen LogP contribution in [0.2, 0.25) is 0 Å². The molecule has 0 fully saturated rings. The Morgan fingerprint density at radius 2 is 1.64 bits per heavy atom. The molecule has 1 aliphatic heterocycles. The van der Waals surface area contributed by atoms with Crippen LogP contribution in [0.3, 0.4) is 0 Å². The summed E-state index contributed by atoms with van der Waals surface area (Å²) in [7, 11) is -1.18. The third kappa shape index (κ3) is 3.76. The molecule has 0 saturated carbocycles. The summed E-state index contributed by atoms with van der Waals surface area (Å²) in [6.45, 7) is 0. The number of aromatic nitrogens is 1. The first-order chi connectivity index (χ1) is 15.7. The Balaban J connectivity index is 1.70. The Morgan fingerprint density at radius 1 is 0.939 bits per heavy atom. The molecule has 0 spiro atoms. The summed E-state index contributed by atoms with van der Waals surface area (Å²) in [6.07, 6.45) is 0. The van der Waals surface area contributed by atoms with Crippen LogP contribution in [0.5, 0.6) is 11.5 Å². The van der Waals surface area contributed by atoms with E-state index in [2.05, 4.69) is 10.0 Å². The summed E-state index contributed by atoms with van der Waals surface area (Å²) >= 11 is 0. The van der Waals surface area contributed by atoms with Crippen LogP contribution < -0.4 is 30.8 Å². The fourth-order valence-electron chi connectivity index (χ4n) is 3.42. The molecule has 0 aliphatic carbocycles. The number of sulfonamides is 1. The average Bonchev–Trinajstić information content (AvgIpc) is 3.06. The Hall–Kier alpha value is -4.32. The average molecular weight is 470 g/mol. The van der Waals surface area contributed by atoms with E-state index in [0.717, 1.165) is 10.6 Å². The van der Waals surface area contributed by atoms with E-state index in [9.17, 15) is 22.8 Å². The number of nitrogen functional groups attached to an aromatic ring is 1. The molecule has 2 amide bonds. The summed E-state index contributed by atoms with van der Waals surface area (Å²) in [5.41, 5.74) is 5.53. The fraction of sp³-hybridized carbons (Fsp3) is 0.0952. The first-order valence-corrected chi connectivity index (χ1v) is 10.9. The number of nitrogens with zero attached hydrogens (tertiary/aromatic N) is 1. The summed E-state index contributed by atoms with van der Waals surface area (Å²) < 4.78 is 39.6. The zero-order valence-corrected chi connectivity index (χ0v) is 18.2. The topological polar surface area (TPSA) is 159 Å². The number of rotatable bonds is 6. The van der Waals surface area contributed by atoms with Gasteiger partial charge in [0.25, 0.3) is 27.4 Å². The van der Waals surface area contributed by atoms with Crippen LogP contribution >= 0.6 is 0 Å². The van der Waals surface area contributed by atoms with Crippen LogP contribution in [-0.2, 0) is 10.0 Å². The van der Waals surface area contributed by atoms with Gasteiger partial charge in [-0.25, -0.2) is 8.42 Å².